The number of hydrogen-bond donors (Lipinski definition) is 0. The van der Waals surface area contributed by atoms with Crippen LogP contribution in [-0.4, -0.2) is 90.4 Å². The molecule has 2 amide bonds. The van der Waals surface area contributed by atoms with Gasteiger partial charge in [-0.05, 0) is 18.2 Å². The van der Waals surface area contributed by atoms with E-state index in [1.54, 1.807) is 35.5 Å². The van der Waals surface area contributed by atoms with E-state index in [9.17, 15) is 18.0 Å². The Balaban J connectivity index is 1.64. The van der Waals surface area contributed by atoms with Gasteiger partial charge in [-0.15, -0.1) is 0 Å². The summed E-state index contributed by atoms with van der Waals surface area (Å²) in [5.41, 5.74) is 1.70. The Kier molecular flexibility index (Phi) is 4.76. The summed E-state index contributed by atoms with van der Waals surface area (Å²) in [4.78, 5) is 37.0. The summed E-state index contributed by atoms with van der Waals surface area (Å²) in [6.07, 6.45) is 3.13. The highest BCUT2D eigenvalue weighted by molar-refractivity contribution is 7.91. The van der Waals surface area contributed by atoms with Crippen molar-refractivity contribution >= 4 is 32.7 Å². The summed E-state index contributed by atoms with van der Waals surface area (Å²) in [6.45, 7) is 0.433. The van der Waals surface area contributed by atoms with E-state index >= 15 is 0 Å². The van der Waals surface area contributed by atoms with Gasteiger partial charge in [0.15, 0.2) is 9.84 Å². The maximum absolute atomic E-state index is 13.2. The Bertz CT molecular complexity index is 1040. The highest BCUT2D eigenvalue weighted by Crippen LogP contribution is 2.28. The lowest BCUT2D eigenvalue weighted by molar-refractivity contribution is -0.140. The predicted octanol–water partition coefficient (Wildman–Crippen LogP) is -0.274. The molecule has 2 saturated heterocycles. The Hall–Kier alpha value is -2.59. The summed E-state index contributed by atoms with van der Waals surface area (Å²) in [5, 5.41) is 0. The largest absolute Gasteiger partial charge is 0.375 e. The Morgan fingerprint density at radius 3 is 2.43 bits per heavy atom. The van der Waals surface area contributed by atoms with Gasteiger partial charge in [-0.25, -0.2) is 8.42 Å². The number of carbonyl (C=O) groups is 2. The number of benzene rings is 1. The summed E-state index contributed by atoms with van der Waals surface area (Å²) in [5.74, 6) is -0.811. The smallest absolute Gasteiger partial charge is 0.254 e. The van der Waals surface area contributed by atoms with Crippen LogP contribution in [0.5, 0.6) is 0 Å². The van der Waals surface area contributed by atoms with E-state index in [2.05, 4.69) is 9.97 Å². The molecule has 0 unspecified atom stereocenters. The van der Waals surface area contributed by atoms with E-state index in [1.165, 1.54) is 12.0 Å². The minimum atomic E-state index is -3.34. The topological polar surface area (TPSA) is 110 Å². The fraction of sp³-hybridized carbons (Fsp3) is 0.444. The number of nitrogens with zero attached hydrogens (tertiary/aromatic N) is 4. The first kappa shape index (κ1) is 18.8. The van der Waals surface area contributed by atoms with Crippen LogP contribution in [-0.2, 0) is 19.4 Å². The van der Waals surface area contributed by atoms with Gasteiger partial charge in [-0.2, -0.15) is 0 Å². The van der Waals surface area contributed by atoms with E-state index in [4.69, 9.17) is 4.74 Å². The zero-order valence-corrected chi connectivity index (χ0v) is 16.1. The van der Waals surface area contributed by atoms with Crippen molar-refractivity contribution in [1.82, 2.24) is 19.8 Å². The van der Waals surface area contributed by atoms with Crippen LogP contribution in [0.15, 0.2) is 30.6 Å². The highest BCUT2D eigenvalue weighted by Gasteiger charge is 2.49. The molecule has 2 aliphatic rings. The third-order valence-corrected chi connectivity index (χ3v) is 6.94. The van der Waals surface area contributed by atoms with Crippen LogP contribution in [0.1, 0.15) is 10.4 Å². The van der Waals surface area contributed by atoms with Crippen molar-refractivity contribution in [3.63, 3.8) is 0 Å². The minimum absolute atomic E-state index is 0.111. The number of ether oxygens (including phenoxy) is 1. The van der Waals surface area contributed by atoms with Gasteiger partial charge in [0.05, 0.1) is 34.6 Å². The zero-order chi connectivity index (χ0) is 19.9. The summed E-state index contributed by atoms with van der Waals surface area (Å²) < 4.78 is 29.5. The van der Waals surface area contributed by atoms with Gasteiger partial charge >= 0.3 is 0 Å². The number of fused-ring (bicyclic) bond motifs is 2. The number of methoxy groups -OCH3 is 1. The predicted molar refractivity (Wildman–Crippen MR) is 100 cm³/mol. The maximum Gasteiger partial charge on any atom is 0.254 e. The molecule has 9 nitrogen and oxygen atoms in total. The first-order valence-electron chi connectivity index (χ1n) is 8.90. The minimum Gasteiger partial charge on any atom is -0.375 e. The van der Waals surface area contributed by atoms with E-state index < -0.39 is 21.9 Å². The summed E-state index contributed by atoms with van der Waals surface area (Å²) in [7, 11) is -1.92. The van der Waals surface area contributed by atoms with Crippen LogP contribution in [0.25, 0.3) is 11.0 Å². The van der Waals surface area contributed by atoms with Gasteiger partial charge in [-0.1, -0.05) is 0 Å². The molecule has 2 atom stereocenters. The molecule has 148 valence electrons. The molecule has 0 N–H and O–H groups in total. The highest BCUT2D eigenvalue weighted by atomic mass is 32.2. The first-order valence-corrected chi connectivity index (χ1v) is 10.7. The molecule has 1 aromatic heterocycles. The molecule has 0 bridgehead atoms. The molecule has 0 spiro atoms. The second-order valence-corrected chi connectivity index (χ2v) is 9.14. The Morgan fingerprint density at radius 1 is 1.07 bits per heavy atom. The van der Waals surface area contributed by atoms with Crippen molar-refractivity contribution in [2.45, 2.75) is 12.1 Å². The van der Waals surface area contributed by atoms with E-state index in [0.29, 0.717) is 16.6 Å². The van der Waals surface area contributed by atoms with Gasteiger partial charge in [0, 0.05) is 38.2 Å². The quantitative estimate of drug-likeness (QED) is 0.692. The second-order valence-electron chi connectivity index (χ2n) is 6.99. The zero-order valence-electron chi connectivity index (χ0n) is 15.3. The average molecular weight is 404 g/mol. The van der Waals surface area contributed by atoms with Crippen LogP contribution in [0.4, 0.5) is 0 Å². The maximum atomic E-state index is 13.2. The van der Waals surface area contributed by atoms with Crippen LogP contribution in [0.3, 0.4) is 0 Å². The molecule has 0 aliphatic carbocycles. The van der Waals surface area contributed by atoms with Crippen LogP contribution in [0.2, 0.25) is 0 Å². The lowest BCUT2D eigenvalue weighted by Crippen LogP contribution is -2.62. The molecule has 2 aliphatic heterocycles. The summed E-state index contributed by atoms with van der Waals surface area (Å²) >= 11 is 0. The monoisotopic (exact) mass is 404 g/mol. The van der Waals surface area contributed by atoms with Crippen molar-refractivity contribution in [2.75, 3.05) is 38.3 Å². The molecule has 28 heavy (non-hydrogen) atoms. The van der Waals surface area contributed by atoms with Gasteiger partial charge in [0.25, 0.3) is 5.91 Å². The van der Waals surface area contributed by atoms with Crippen molar-refractivity contribution in [3.05, 3.63) is 36.2 Å². The Morgan fingerprint density at radius 2 is 1.71 bits per heavy atom. The Labute approximate surface area is 162 Å². The number of carbonyl (C=O) groups excluding carboxylic acids is 2. The molecular formula is C18H20N4O5S. The lowest BCUT2D eigenvalue weighted by Gasteiger charge is -2.43. The normalized spacial score (nSPS) is 23.6. The first-order chi connectivity index (χ1) is 13.4. The number of hydrogen-bond acceptors (Lipinski definition) is 7. The van der Waals surface area contributed by atoms with E-state index in [0.717, 1.165) is 0 Å². The van der Waals surface area contributed by atoms with Crippen LogP contribution < -0.4 is 0 Å². The number of sulfone groups is 1. The molecule has 10 heteroatoms. The molecule has 3 heterocycles. The fourth-order valence-corrected chi connectivity index (χ4v) is 5.96. The molecule has 0 radical (unpaired) electrons. The molecule has 4 rings (SSSR count). The van der Waals surface area contributed by atoms with Crippen molar-refractivity contribution in [2.24, 2.45) is 0 Å². The van der Waals surface area contributed by atoms with E-state index in [-0.39, 0.29) is 43.0 Å². The molecule has 2 aromatic rings. The third kappa shape index (κ3) is 3.33. The lowest BCUT2D eigenvalue weighted by atomic mass is 10.0. The van der Waals surface area contributed by atoms with Crippen molar-refractivity contribution < 1.29 is 22.7 Å². The number of amides is 2. The number of rotatable bonds is 3. The standard InChI is InChI=1S/C18H20N4O5S/c1-27-9-17(23)21-6-7-22(16-11-28(25,26)10-15(16)21)18(24)12-2-3-13-14(8-12)20-5-4-19-13/h2-5,8,15-16H,6-7,9-11H2,1H3/t15-,16+/m0/s1. The average Bonchev–Trinajstić information content (AvgIpc) is 3.01. The molecule has 2 fully saturated rings. The third-order valence-electron chi connectivity index (χ3n) is 5.24. The molecular weight excluding hydrogens is 384 g/mol. The van der Waals surface area contributed by atoms with Crippen molar-refractivity contribution in [3.8, 4) is 0 Å². The van der Waals surface area contributed by atoms with Gasteiger partial charge in [0.2, 0.25) is 5.91 Å². The van der Waals surface area contributed by atoms with Crippen LogP contribution in [0, 0.1) is 0 Å². The van der Waals surface area contributed by atoms with Crippen LogP contribution >= 0.6 is 0 Å². The SMILES string of the molecule is COCC(=O)N1CCN(C(=O)c2ccc3nccnc3c2)[C@@H]2CS(=O)(=O)C[C@@H]21. The summed E-state index contributed by atoms with van der Waals surface area (Å²) in [6, 6.07) is 3.93. The van der Waals surface area contributed by atoms with Gasteiger partial charge in [-0.3, -0.25) is 19.6 Å². The van der Waals surface area contributed by atoms with Crippen molar-refractivity contribution in [1.29, 1.82) is 0 Å². The number of aromatic nitrogens is 2. The second kappa shape index (κ2) is 7.10. The number of piperazine rings is 1. The van der Waals surface area contributed by atoms with Gasteiger partial charge in [0.1, 0.15) is 6.61 Å². The molecule has 0 saturated carbocycles. The molecule has 1 aromatic carbocycles. The van der Waals surface area contributed by atoms with Gasteiger partial charge < -0.3 is 14.5 Å². The van der Waals surface area contributed by atoms with E-state index in [1.807, 2.05) is 0 Å². The fourth-order valence-electron chi connectivity index (χ4n) is 3.98.